The third-order valence-electron chi connectivity index (χ3n) is 3.01. The van der Waals surface area contributed by atoms with Gasteiger partial charge in [-0.2, -0.15) is 8.46 Å². The van der Waals surface area contributed by atoms with Crippen LogP contribution in [-0.4, -0.2) is 12.6 Å². The standard InChI is InChI=1S/C13H22BP/c1-13(2,3)14(4)15-11-10-12-8-6-5-7-9-12/h5-9,15H,10-11H2,1-4H3. The molecule has 0 bridgehead atoms. The summed E-state index contributed by atoms with van der Waals surface area (Å²) in [5.41, 5.74) is 1.48. The Morgan fingerprint density at radius 1 is 1.13 bits per heavy atom. The van der Waals surface area contributed by atoms with Crippen LogP contribution in [0.15, 0.2) is 30.3 Å². The zero-order valence-corrected chi connectivity index (χ0v) is 11.4. The van der Waals surface area contributed by atoms with E-state index in [0.29, 0.717) is 5.31 Å². The van der Waals surface area contributed by atoms with Crippen molar-refractivity contribution in [1.82, 2.24) is 0 Å². The molecule has 0 amide bonds. The van der Waals surface area contributed by atoms with E-state index < -0.39 is 0 Å². The minimum Gasteiger partial charge on any atom is -0.155 e. The summed E-state index contributed by atoms with van der Waals surface area (Å²) in [5, 5.41) is 0.467. The van der Waals surface area contributed by atoms with E-state index in [2.05, 4.69) is 57.9 Å². The fourth-order valence-electron chi connectivity index (χ4n) is 1.38. The molecule has 1 aromatic rings. The molecule has 1 atom stereocenters. The molecule has 0 radical (unpaired) electrons. The molecule has 0 aliphatic carbocycles. The fraction of sp³-hybridized carbons (Fsp3) is 0.538. The highest BCUT2D eigenvalue weighted by atomic mass is 31.1. The van der Waals surface area contributed by atoms with Gasteiger partial charge in [-0.1, -0.05) is 63.2 Å². The first-order valence-corrected chi connectivity index (χ1v) is 7.06. The molecule has 0 aromatic heterocycles. The van der Waals surface area contributed by atoms with E-state index in [1.165, 1.54) is 18.1 Å². The third kappa shape index (κ3) is 4.84. The van der Waals surface area contributed by atoms with E-state index in [-0.39, 0.29) is 0 Å². The lowest BCUT2D eigenvalue weighted by atomic mass is 9.55. The highest BCUT2D eigenvalue weighted by Gasteiger charge is 2.22. The molecule has 0 fully saturated rings. The summed E-state index contributed by atoms with van der Waals surface area (Å²) in [7, 11) is 1.08. The molecule has 15 heavy (non-hydrogen) atoms. The summed E-state index contributed by atoms with van der Waals surface area (Å²) in [4.78, 5) is 0. The van der Waals surface area contributed by atoms with Crippen molar-refractivity contribution in [1.29, 1.82) is 0 Å². The van der Waals surface area contributed by atoms with E-state index in [9.17, 15) is 0 Å². The van der Waals surface area contributed by atoms with Gasteiger partial charge in [0.15, 0.2) is 6.43 Å². The van der Waals surface area contributed by atoms with Gasteiger partial charge in [-0.25, -0.2) is 0 Å². The molecule has 82 valence electrons. The lowest BCUT2D eigenvalue weighted by molar-refractivity contribution is 0.751. The molecular formula is C13H22BP. The molecule has 0 nitrogen and oxygen atoms in total. The second-order valence-electron chi connectivity index (χ2n) is 5.28. The van der Waals surface area contributed by atoms with Crippen molar-refractivity contribution in [2.75, 3.05) is 6.16 Å². The van der Waals surface area contributed by atoms with Crippen LogP contribution in [0.1, 0.15) is 26.3 Å². The number of hydrogen-bond donors (Lipinski definition) is 0. The van der Waals surface area contributed by atoms with Gasteiger partial charge in [-0.3, -0.25) is 0 Å². The lowest BCUT2D eigenvalue weighted by Gasteiger charge is -2.24. The van der Waals surface area contributed by atoms with Crippen LogP contribution in [0.2, 0.25) is 12.1 Å². The van der Waals surface area contributed by atoms with Crippen molar-refractivity contribution in [2.24, 2.45) is 0 Å². The summed E-state index contributed by atoms with van der Waals surface area (Å²) in [5.74, 6) is 0. The first kappa shape index (κ1) is 12.8. The normalized spacial score (nSPS) is 12.3. The van der Waals surface area contributed by atoms with Crippen LogP contribution < -0.4 is 0 Å². The highest BCUT2D eigenvalue weighted by molar-refractivity contribution is 7.76. The van der Waals surface area contributed by atoms with E-state index in [1.807, 2.05) is 0 Å². The summed E-state index contributed by atoms with van der Waals surface area (Å²) in [6.07, 6.45) is 3.41. The first-order chi connectivity index (χ1) is 7.00. The number of hydrogen-bond acceptors (Lipinski definition) is 0. The van der Waals surface area contributed by atoms with Gasteiger partial charge in [-0.05, 0) is 18.1 Å². The lowest BCUT2D eigenvalue weighted by Crippen LogP contribution is -2.17. The van der Waals surface area contributed by atoms with E-state index in [4.69, 9.17) is 0 Å². The highest BCUT2D eigenvalue weighted by Crippen LogP contribution is 2.36. The summed E-state index contributed by atoms with van der Waals surface area (Å²) in [6, 6.07) is 10.8. The largest absolute Gasteiger partial charge is 0.169 e. The fourth-order valence-corrected chi connectivity index (χ4v) is 2.86. The number of benzene rings is 1. The SMILES string of the molecule is CB(PCCc1ccccc1)C(C)(C)C. The molecule has 2 heteroatoms. The van der Waals surface area contributed by atoms with Crippen LogP contribution in [0, 0.1) is 0 Å². The average Bonchev–Trinajstić information content (AvgIpc) is 2.18. The second-order valence-corrected chi connectivity index (χ2v) is 7.05. The van der Waals surface area contributed by atoms with Gasteiger partial charge < -0.3 is 0 Å². The molecule has 1 rings (SSSR count). The topological polar surface area (TPSA) is 0 Å². The Bertz CT molecular complexity index is 276. The van der Waals surface area contributed by atoms with Crippen LogP contribution >= 0.6 is 8.46 Å². The Labute approximate surface area is 96.7 Å². The predicted octanol–water partition coefficient (Wildman–Crippen LogP) is 4.33. The van der Waals surface area contributed by atoms with Crippen molar-refractivity contribution in [3.63, 3.8) is 0 Å². The van der Waals surface area contributed by atoms with Gasteiger partial charge in [0.05, 0.1) is 0 Å². The number of rotatable bonds is 4. The zero-order chi connectivity index (χ0) is 11.3. The maximum atomic E-state index is 2.38. The van der Waals surface area contributed by atoms with Crippen molar-refractivity contribution in [2.45, 2.75) is 39.3 Å². The average molecular weight is 220 g/mol. The third-order valence-corrected chi connectivity index (χ3v) is 5.02. The van der Waals surface area contributed by atoms with Gasteiger partial charge >= 0.3 is 0 Å². The number of aryl methyl sites for hydroxylation is 1. The second kappa shape index (κ2) is 5.70. The van der Waals surface area contributed by atoms with E-state index >= 15 is 0 Å². The maximum Gasteiger partial charge on any atom is 0.169 e. The van der Waals surface area contributed by atoms with Crippen LogP contribution in [0.4, 0.5) is 0 Å². The van der Waals surface area contributed by atoms with Crippen LogP contribution in [0.5, 0.6) is 0 Å². The van der Waals surface area contributed by atoms with Gasteiger partial charge in [0.2, 0.25) is 0 Å². The molecule has 0 heterocycles. The Balaban J connectivity index is 2.28. The molecule has 1 unspecified atom stereocenters. The molecule has 0 aliphatic heterocycles. The summed E-state index contributed by atoms with van der Waals surface area (Å²) < 4.78 is 0. The Hall–Kier alpha value is -0.285. The molecule has 0 saturated carbocycles. The van der Waals surface area contributed by atoms with Gasteiger partial charge in [-0.15, -0.1) is 0 Å². The molecule has 0 spiro atoms. The molecule has 1 aromatic carbocycles. The van der Waals surface area contributed by atoms with Crippen molar-refractivity contribution < 1.29 is 0 Å². The van der Waals surface area contributed by atoms with Gasteiger partial charge in [0, 0.05) is 0 Å². The molecule has 0 N–H and O–H groups in total. The minimum atomic E-state index is 0.467. The zero-order valence-electron chi connectivity index (χ0n) is 10.4. The van der Waals surface area contributed by atoms with Crippen LogP contribution in [0.25, 0.3) is 0 Å². The smallest absolute Gasteiger partial charge is 0.155 e. The maximum absolute atomic E-state index is 2.38. The minimum absolute atomic E-state index is 0.467. The Kier molecular flexibility index (Phi) is 4.86. The van der Waals surface area contributed by atoms with Crippen LogP contribution in [0.3, 0.4) is 0 Å². The predicted molar refractivity (Wildman–Crippen MR) is 74.7 cm³/mol. The van der Waals surface area contributed by atoms with Gasteiger partial charge in [0.25, 0.3) is 0 Å². The Morgan fingerprint density at radius 2 is 1.73 bits per heavy atom. The monoisotopic (exact) mass is 220 g/mol. The quantitative estimate of drug-likeness (QED) is 0.523. The molecular weight excluding hydrogens is 198 g/mol. The van der Waals surface area contributed by atoms with Crippen molar-refractivity contribution in [3.8, 4) is 0 Å². The van der Waals surface area contributed by atoms with E-state index in [1.54, 1.807) is 0 Å². The van der Waals surface area contributed by atoms with Crippen molar-refractivity contribution >= 4 is 14.9 Å². The van der Waals surface area contributed by atoms with Gasteiger partial charge in [0.1, 0.15) is 0 Å². The molecule has 0 aliphatic rings. The molecule has 0 saturated heterocycles. The Morgan fingerprint density at radius 3 is 2.27 bits per heavy atom. The summed E-state index contributed by atoms with van der Waals surface area (Å²) >= 11 is 0. The van der Waals surface area contributed by atoms with Crippen LogP contribution in [-0.2, 0) is 6.42 Å². The first-order valence-electron chi connectivity index (χ1n) is 5.77. The van der Waals surface area contributed by atoms with E-state index in [0.717, 1.165) is 14.9 Å². The summed E-state index contributed by atoms with van der Waals surface area (Å²) in [6.45, 7) is 9.40. The van der Waals surface area contributed by atoms with Crippen molar-refractivity contribution in [3.05, 3.63) is 35.9 Å².